The third-order valence-electron chi connectivity index (χ3n) is 8.40. The second-order valence-corrected chi connectivity index (χ2v) is 12.5. The van der Waals surface area contributed by atoms with E-state index in [9.17, 15) is 5.11 Å². The Morgan fingerprint density at radius 2 is 1.27 bits per heavy atom. The van der Waals surface area contributed by atoms with Crippen LogP contribution < -0.4 is 0 Å². The molecule has 45 heavy (non-hydrogen) atoms. The predicted molar refractivity (Wildman–Crippen MR) is 184 cm³/mol. The van der Waals surface area contributed by atoms with Gasteiger partial charge in [-0.3, -0.25) is 4.98 Å². The second kappa shape index (κ2) is 11.2. The quantitative estimate of drug-likeness (QED) is 0.218. The van der Waals surface area contributed by atoms with Crippen LogP contribution in [0, 0.1) is 0 Å². The average Bonchev–Trinajstić information content (AvgIpc) is 3.41. The minimum absolute atomic E-state index is 0.0271. The highest BCUT2D eigenvalue weighted by molar-refractivity contribution is 5.96. The van der Waals surface area contributed by atoms with Gasteiger partial charge in [-0.15, -0.1) is 0 Å². The van der Waals surface area contributed by atoms with Gasteiger partial charge < -0.3 is 9.67 Å². The number of pyridine rings is 2. The molecule has 0 fully saturated rings. The Morgan fingerprint density at radius 1 is 0.600 bits per heavy atom. The molecule has 0 bridgehead atoms. The van der Waals surface area contributed by atoms with E-state index >= 15 is 0 Å². The maximum atomic E-state index is 10.8. The highest BCUT2D eigenvalue weighted by Crippen LogP contribution is 2.39. The van der Waals surface area contributed by atoms with Gasteiger partial charge in [0.25, 0.3) is 0 Å². The van der Waals surface area contributed by atoms with E-state index in [0.717, 1.165) is 61.2 Å². The summed E-state index contributed by atoms with van der Waals surface area (Å²) in [6.07, 6.45) is 3.62. The molecular formula is C40H34N4O. The van der Waals surface area contributed by atoms with Crippen molar-refractivity contribution in [1.29, 1.82) is 0 Å². The van der Waals surface area contributed by atoms with Crippen LogP contribution in [0.4, 0.5) is 0 Å². The molecular weight excluding hydrogens is 552 g/mol. The van der Waals surface area contributed by atoms with Crippen LogP contribution in [0.2, 0.25) is 0 Å². The zero-order chi connectivity index (χ0) is 31.1. The molecule has 0 amide bonds. The topological polar surface area (TPSA) is 63.8 Å². The van der Waals surface area contributed by atoms with Crippen LogP contribution in [-0.4, -0.2) is 24.6 Å². The number of aryl methyl sites for hydroxylation is 1. The Morgan fingerprint density at radius 3 is 1.98 bits per heavy atom. The van der Waals surface area contributed by atoms with E-state index in [1.54, 1.807) is 6.20 Å². The minimum Gasteiger partial charge on any atom is -0.493 e. The Labute approximate surface area is 263 Å². The lowest BCUT2D eigenvalue weighted by Gasteiger charge is -2.19. The van der Waals surface area contributed by atoms with Crippen LogP contribution in [-0.2, 0) is 12.5 Å². The van der Waals surface area contributed by atoms with E-state index in [0.29, 0.717) is 11.4 Å². The highest BCUT2D eigenvalue weighted by Gasteiger charge is 2.21. The number of para-hydroxylation sites is 1. The van der Waals surface area contributed by atoms with Crippen molar-refractivity contribution < 1.29 is 5.11 Å². The van der Waals surface area contributed by atoms with Crippen LogP contribution in [0.25, 0.3) is 67.1 Å². The standard InChI is InChI=1S/C40H34N4O/c1-40(2,3)32-24-34(39(45)42-25-32)38-43-37-33(16-11-17-36(37)44(38)4)30-20-29(27-14-9-6-10-15-27)21-31(22-30)35-23-28(18-19-41-35)26-12-7-5-8-13-26/h5-25H,1-4H3,(H,42,45). The first-order valence-electron chi connectivity index (χ1n) is 15.1. The highest BCUT2D eigenvalue weighted by atomic mass is 16.3. The molecule has 0 unspecified atom stereocenters. The van der Waals surface area contributed by atoms with Gasteiger partial charge in [-0.05, 0) is 81.3 Å². The van der Waals surface area contributed by atoms with Crippen LogP contribution in [0.5, 0.6) is 5.88 Å². The number of hydrogen-bond donors (Lipinski definition) is 1. The van der Waals surface area contributed by atoms with Gasteiger partial charge in [0.15, 0.2) is 0 Å². The van der Waals surface area contributed by atoms with Crippen molar-refractivity contribution in [3.05, 3.63) is 133 Å². The molecule has 0 spiro atoms. The third-order valence-corrected chi connectivity index (χ3v) is 8.40. The fraction of sp³-hybridized carbons (Fsp3) is 0.125. The van der Waals surface area contributed by atoms with Crippen LogP contribution in [0.15, 0.2) is 128 Å². The molecule has 5 heteroatoms. The number of aromatic nitrogens is 4. The Balaban J connectivity index is 1.42. The smallest absolute Gasteiger partial charge is 0.222 e. The normalized spacial score (nSPS) is 11.6. The van der Waals surface area contributed by atoms with Crippen molar-refractivity contribution in [2.75, 3.05) is 0 Å². The number of nitrogens with zero attached hydrogens (tertiary/aromatic N) is 4. The molecule has 0 aliphatic heterocycles. The summed E-state index contributed by atoms with van der Waals surface area (Å²) in [7, 11) is 1.99. The molecule has 3 aromatic heterocycles. The van der Waals surface area contributed by atoms with Crippen molar-refractivity contribution in [2.45, 2.75) is 26.2 Å². The molecule has 0 saturated heterocycles. The lowest BCUT2D eigenvalue weighted by atomic mass is 9.87. The van der Waals surface area contributed by atoms with Crippen molar-refractivity contribution in [3.8, 4) is 61.9 Å². The van der Waals surface area contributed by atoms with Crippen LogP contribution in [0.3, 0.4) is 0 Å². The summed E-state index contributed by atoms with van der Waals surface area (Å²) >= 11 is 0. The zero-order valence-electron chi connectivity index (χ0n) is 25.9. The summed E-state index contributed by atoms with van der Waals surface area (Å²) in [6, 6.07) is 39.9. The van der Waals surface area contributed by atoms with E-state index in [2.05, 4.69) is 123 Å². The van der Waals surface area contributed by atoms with Gasteiger partial charge in [-0.25, -0.2) is 9.97 Å². The summed E-state index contributed by atoms with van der Waals surface area (Å²) in [5.74, 6) is 0.644. The molecule has 7 rings (SSSR count). The molecule has 0 saturated carbocycles. The van der Waals surface area contributed by atoms with Crippen LogP contribution in [0.1, 0.15) is 26.3 Å². The van der Waals surface area contributed by atoms with E-state index in [1.165, 1.54) is 0 Å². The molecule has 3 heterocycles. The molecule has 0 aliphatic carbocycles. The maximum absolute atomic E-state index is 10.8. The van der Waals surface area contributed by atoms with Gasteiger partial charge in [0.1, 0.15) is 5.82 Å². The van der Waals surface area contributed by atoms with Gasteiger partial charge in [-0.2, -0.15) is 0 Å². The summed E-state index contributed by atoms with van der Waals surface area (Å²) in [4.78, 5) is 14.3. The van der Waals surface area contributed by atoms with Gasteiger partial charge in [0, 0.05) is 30.6 Å². The van der Waals surface area contributed by atoms with Gasteiger partial charge in [0.2, 0.25) is 5.88 Å². The number of hydrogen-bond acceptors (Lipinski definition) is 4. The summed E-state index contributed by atoms with van der Waals surface area (Å²) in [5.41, 5.74) is 11.8. The van der Waals surface area contributed by atoms with E-state index < -0.39 is 0 Å². The van der Waals surface area contributed by atoms with E-state index in [-0.39, 0.29) is 11.3 Å². The lowest BCUT2D eigenvalue weighted by Crippen LogP contribution is -2.11. The number of imidazole rings is 1. The fourth-order valence-corrected chi connectivity index (χ4v) is 5.85. The number of fused-ring (bicyclic) bond motifs is 1. The van der Waals surface area contributed by atoms with Crippen LogP contribution >= 0.6 is 0 Å². The first-order valence-corrected chi connectivity index (χ1v) is 15.1. The van der Waals surface area contributed by atoms with E-state index in [4.69, 9.17) is 9.97 Å². The number of aromatic hydroxyl groups is 1. The molecule has 5 nitrogen and oxygen atoms in total. The van der Waals surface area contributed by atoms with Gasteiger partial charge in [0.05, 0.1) is 22.3 Å². The predicted octanol–water partition coefficient (Wildman–Crippen LogP) is 9.70. The van der Waals surface area contributed by atoms with Gasteiger partial charge in [-0.1, -0.05) is 93.6 Å². The SMILES string of the molecule is Cn1c(-c2cc(C(C)(C)C)cnc2O)nc2c(-c3cc(-c4ccccc4)cc(-c4cc(-c5ccccc5)ccn4)c3)cccc21. The monoisotopic (exact) mass is 586 g/mol. The van der Waals surface area contributed by atoms with Gasteiger partial charge >= 0.3 is 0 Å². The van der Waals surface area contributed by atoms with Crippen molar-refractivity contribution in [1.82, 2.24) is 19.5 Å². The summed E-state index contributed by atoms with van der Waals surface area (Å²) in [6.45, 7) is 6.42. The zero-order valence-corrected chi connectivity index (χ0v) is 25.9. The average molecular weight is 587 g/mol. The molecule has 0 atom stereocenters. The first-order chi connectivity index (χ1) is 21.8. The minimum atomic E-state index is -0.120. The summed E-state index contributed by atoms with van der Waals surface area (Å²) in [5, 5.41) is 10.8. The number of benzene rings is 4. The molecule has 220 valence electrons. The fourth-order valence-electron chi connectivity index (χ4n) is 5.85. The molecule has 0 radical (unpaired) electrons. The van der Waals surface area contributed by atoms with Crippen molar-refractivity contribution in [3.63, 3.8) is 0 Å². The number of rotatable bonds is 5. The Kier molecular flexibility index (Phi) is 7.01. The Hall–Kier alpha value is -5.55. The lowest BCUT2D eigenvalue weighted by molar-refractivity contribution is 0.453. The molecule has 4 aromatic carbocycles. The Bertz CT molecular complexity index is 2160. The maximum Gasteiger partial charge on any atom is 0.222 e. The molecule has 1 N–H and O–H groups in total. The first kappa shape index (κ1) is 28.2. The summed E-state index contributed by atoms with van der Waals surface area (Å²) < 4.78 is 2.04. The van der Waals surface area contributed by atoms with E-state index in [1.807, 2.05) is 36.0 Å². The molecule has 7 aromatic rings. The molecule has 0 aliphatic rings. The largest absolute Gasteiger partial charge is 0.493 e. The third kappa shape index (κ3) is 5.38. The van der Waals surface area contributed by atoms with Crippen molar-refractivity contribution in [2.24, 2.45) is 7.05 Å². The van der Waals surface area contributed by atoms with Crippen molar-refractivity contribution >= 4 is 11.0 Å². The second-order valence-electron chi connectivity index (χ2n) is 12.5.